The number of rotatable bonds is 9. The molecular formula is C29H29F6N3O3S. The number of alkyl halides is 6. The number of allylic oxidation sites excluding steroid dienone is 2. The molecule has 2 heterocycles. The Kier molecular flexibility index (Phi) is 9.55. The Hall–Kier alpha value is -3.13. The van der Waals surface area contributed by atoms with E-state index < -0.39 is 40.1 Å². The molecule has 0 aliphatic carbocycles. The summed E-state index contributed by atoms with van der Waals surface area (Å²) in [6.07, 6.45) is -1.07. The van der Waals surface area contributed by atoms with Crippen molar-refractivity contribution in [2.75, 3.05) is 13.2 Å². The van der Waals surface area contributed by atoms with Crippen LogP contribution in [-0.2, 0) is 34.0 Å². The maximum absolute atomic E-state index is 13.2. The molecule has 1 aliphatic rings. The van der Waals surface area contributed by atoms with E-state index in [1.165, 1.54) is 77.7 Å². The summed E-state index contributed by atoms with van der Waals surface area (Å²) in [5.74, 6) is 0. The molecule has 1 aromatic heterocycles. The van der Waals surface area contributed by atoms with Crippen molar-refractivity contribution in [1.29, 1.82) is 0 Å². The van der Waals surface area contributed by atoms with E-state index in [0.29, 0.717) is 0 Å². The minimum atomic E-state index is -4.52. The molecule has 1 fully saturated rings. The summed E-state index contributed by atoms with van der Waals surface area (Å²) in [5.41, 5.74) is -2.91. The molecule has 1 atom stereocenters. The lowest BCUT2D eigenvalue weighted by molar-refractivity contribution is -0.146. The molecule has 1 unspecified atom stereocenters. The zero-order chi connectivity index (χ0) is 30.6. The van der Waals surface area contributed by atoms with Gasteiger partial charge in [-0.15, -0.1) is 11.8 Å². The highest BCUT2D eigenvalue weighted by Crippen LogP contribution is 2.46. The van der Waals surface area contributed by atoms with Crippen molar-refractivity contribution in [2.24, 2.45) is 0 Å². The Morgan fingerprint density at radius 1 is 0.929 bits per heavy atom. The first-order valence-electron chi connectivity index (χ1n) is 12.8. The molecule has 3 aromatic rings. The molecule has 226 valence electrons. The number of hydrogen-bond donors (Lipinski definition) is 1. The Bertz CT molecular complexity index is 1370. The van der Waals surface area contributed by atoms with Crippen LogP contribution in [0.4, 0.5) is 26.3 Å². The van der Waals surface area contributed by atoms with Gasteiger partial charge < -0.3 is 14.6 Å². The Labute approximate surface area is 243 Å². The molecule has 0 bridgehead atoms. The summed E-state index contributed by atoms with van der Waals surface area (Å²) >= 11 is 1.36. The third-order valence-electron chi connectivity index (χ3n) is 6.82. The van der Waals surface area contributed by atoms with Crippen LogP contribution in [0.1, 0.15) is 36.1 Å². The molecule has 13 heteroatoms. The van der Waals surface area contributed by atoms with Crippen LogP contribution < -0.4 is 0 Å². The van der Waals surface area contributed by atoms with Crippen LogP contribution in [0.2, 0.25) is 0 Å². The van der Waals surface area contributed by atoms with Gasteiger partial charge in [-0.2, -0.15) is 31.4 Å². The van der Waals surface area contributed by atoms with Crippen molar-refractivity contribution in [3.63, 3.8) is 0 Å². The average Bonchev–Trinajstić information content (AvgIpc) is 3.44. The maximum atomic E-state index is 13.2. The monoisotopic (exact) mass is 613 g/mol. The fourth-order valence-corrected chi connectivity index (χ4v) is 6.03. The maximum Gasteiger partial charge on any atom is 0.416 e. The van der Waals surface area contributed by atoms with Gasteiger partial charge in [0.2, 0.25) is 0 Å². The molecule has 1 N–H and O–H groups in total. The molecule has 42 heavy (non-hydrogen) atoms. The number of hydrogen-bond acceptors (Lipinski definition) is 6. The van der Waals surface area contributed by atoms with Gasteiger partial charge in [0.15, 0.2) is 6.29 Å². The molecule has 4 rings (SSSR count). The van der Waals surface area contributed by atoms with Gasteiger partial charge in [0.25, 0.3) is 0 Å². The number of halogens is 6. The quantitative estimate of drug-likeness (QED) is 0.213. The molecule has 0 amide bonds. The second-order valence-corrected chi connectivity index (χ2v) is 12.1. The smallest absolute Gasteiger partial charge is 0.382 e. The van der Waals surface area contributed by atoms with E-state index in [1.807, 2.05) is 0 Å². The van der Waals surface area contributed by atoms with E-state index in [0.717, 1.165) is 18.2 Å². The van der Waals surface area contributed by atoms with Crippen LogP contribution in [0, 0.1) is 0 Å². The molecule has 0 spiro atoms. The summed E-state index contributed by atoms with van der Waals surface area (Å²) in [4.78, 5) is 3.90. The van der Waals surface area contributed by atoms with Crippen LogP contribution >= 0.6 is 11.8 Å². The minimum Gasteiger partial charge on any atom is -0.382 e. The second kappa shape index (κ2) is 12.6. The predicted octanol–water partition coefficient (Wildman–Crippen LogP) is 6.73. The van der Waals surface area contributed by atoms with Gasteiger partial charge in [0, 0.05) is 4.75 Å². The third-order valence-corrected chi connectivity index (χ3v) is 8.35. The topological polar surface area (TPSA) is 69.4 Å². The molecule has 0 saturated carbocycles. The standard InChI is InChI=1S/C29H29F6N3O3S/c1-26(2,27(39,17-38-19-36-18-37-38)21-11-13-22(14-12-21)28(30,31)32)42-23-15-40-25(41-16-23)10-6-4-8-20-7-3-5-9-24(20)29(33,34)35/h3-14,18-19,23,25,39H,15-17H2,1-2H3/t23-,25-,27?. The van der Waals surface area contributed by atoms with Gasteiger partial charge in [-0.25, -0.2) is 9.67 Å². The average molecular weight is 614 g/mol. The summed E-state index contributed by atoms with van der Waals surface area (Å²) in [6, 6.07) is 9.63. The third kappa shape index (κ3) is 7.63. The second-order valence-electron chi connectivity index (χ2n) is 10.1. The van der Waals surface area contributed by atoms with Gasteiger partial charge in [-0.1, -0.05) is 48.6 Å². The van der Waals surface area contributed by atoms with E-state index >= 15 is 0 Å². The van der Waals surface area contributed by atoms with Crippen molar-refractivity contribution in [3.05, 3.63) is 102 Å². The largest absolute Gasteiger partial charge is 0.416 e. The molecule has 6 nitrogen and oxygen atoms in total. The number of nitrogens with zero attached hydrogens (tertiary/aromatic N) is 3. The van der Waals surface area contributed by atoms with Crippen LogP contribution in [0.25, 0.3) is 6.08 Å². The molecule has 1 aliphatic heterocycles. The van der Waals surface area contributed by atoms with Crippen LogP contribution in [0.3, 0.4) is 0 Å². The lowest BCUT2D eigenvalue weighted by Gasteiger charge is -2.45. The summed E-state index contributed by atoms with van der Waals surface area (Å²) in [6.45, 7) is 3.96. The first-order chi connectivity index (χ1) is 19.7. The van der Waals surface area contributed by atoms with Gasteiger partial charge in [0.1, 0.15) is 18.3 Å². The minimum absolute atomic E-state index is 0.0326. The van der Waals surface area contributed by atoms with E-state index in [-0.39, 0.29) is 36.1 Å². The lowest BCUT2D eigenvalue weighted by Crippen LogP contribution is -2.50. The number of aromatic nitrogens is 3. The number of ether oxygens (including phenoxy) is 2. The zero-order valence-electron chi connectivity index (χ0n) is 22.6. The highest BCUT2D eigenvalue weighted by molar-refractivity contribution is 8.01. The Morgan fingerprint density at radius 3 is 2.17 bits per heavy atom. The summed E-state index contributed by atoms with van der Waals surface area (Å²) in [5, 5.41) is 15.8. The van der Waals surface area contributed by atoms with Crippen molar-refractivity contribution >= 4 is 17.8 Å². The van der Waals surface area contributed by atoms with E-state index in [9.17, 15) is 31.4 Å². The lowest BCUT2D eigenvalue weighted by atomic mass is 9.82. The van der Waals surface area contributed by atoms with Crippen LogP contribution in [0.15, 0.2) is 79.4 Å². The molecule has 2 aromatic carbocycles. The summed E-state index contributed by atoms with van der Waals surface area (Å²) in [7, 11) is 0. The Morgan fingerprint density at radius 2 is 1.57 bits per heavy atom. The molecule has 0 radical (unpaired) electrons. The fraction of sp³-hybridized carbons (Fsp3) is 0.379. The Balaban J connectivity index is 1.41. The predicted molar refractivity (Wildman–Crippen MR) is 146 cm³/mol. The van der Waals surface area contributed by atoms with Crippen molar-refractivity contribution in [2.45, 2.75) is 54.6 Å². The number of thioether (sulfide) groups is 1. The first-order valence-corrected chi connectivity index (χ1v) is 13.7. The number of aliphatic hydroxyl groups is 1. The number of benzene rings is 2. The fourth-order valence-electron chi connectivity index (χ4n) is 4.52. The first kappa shape index (κ1) is 31.8. The molecular weight excluding hydrogens is 584 g/mol. The highest BCUT2D eigenvalue weighted by Gasteiger charge is 2.48. The molecule has 1 saturated heterocycles. The van der Waals surface area contributed by atoms with E-state index in [2.05, 4.69) is 10.1 Å². The van der Waals surface area contributed by atoms with E-state index in [4.69, 9.17) is 9.47 Å². The van der Waals surface area contributed by atoms with Gasteiger partial charge in [-0.3, -0.25) is 0 Å². The van der Waals surface area contributed by atoms with E-state index in [1.54, 1.807) is 19.9 Å². The van der Waals surface area contributed by atoms with Gasteiger partial charge in [-0.05, 0) is 49.2 Å². The van der Waals surface area contributed by atoms with Crippen LogP contribution in [-0.4, -0.2) is 49.4 Å². The van der Waals surface area contributed by atoms with Gasteiger partial charge >= 0.3 is 12.4 Å². The SMILES string of the molecule is CC(C)(S[C@H]1CO[C@H](C=CC=Cc2ccccc2C(F)(F)F)OC1)C(O)(Cn1cncn1)c1ccc(C(F)(F)F)cc1. The van der Waals surface area contributed by atoms with Crippen LogP contribution in [0.5, 0.6) is 0 Å². The highest BCUT2D eigenvalue weighted by atomic mass is 32.2. The zero-order valence-corrected chi connectivity index (χ0v) is 23.5. The van der Waals surface area contributed by atoms with Crippen molar-refractivity contribution in [3.8, 4) is 0 Å². The van der Waals surface area contributed by atoms with Crippen molar-refractivity contribution < 1.29 is 40.9 Å². The normalized spacial score (nSPS) is 20.3. The van der Waals surface area contributed by atoms with Gasteiger partial charge in [0.05, 0.1) is 36.1 Å². The summed E-state index contributed by atoms with van der Waals surface area (Å²) < 4.78 is 91.0. The van der Waals surface area contributed by atoms with Crippen molar-refractivity contribution in [1.82, 2.24) is 14.8 Å².